The summed E-state index contributed by atoms with van der Waals surface area (Å²) in [5.41, 5.74) is 1.55. The monoisotopic (exact) mass is 386 g/mol. The second-order valence-corrected chi connectivity index (χ2v) is 6.70. The van der Waals surface area contributed by atoms with Gasteiger partial charge in [-0.25, -0.2) is 8.91 Å². The molecule has 0 unspecified atom stereocenters. The summed E-state index contributed by atoms with van der Waals surface area (Å²) >= 11 is 5.98. The molecule has 1 aliphatic rings. The van der Waals surface area contributed by atoms with E-state index in [9.17, 15) is 14.0 Å². The van der Waals surface area contributed by atoms with Gasteiger partial charge in [0.25, 0.3) is 11.8 Å². The van der Waals surface area contributed by atoms with Crippen LogP contribution in [0.25, 0.3) is 5.52 Å². The Morgan fingerprint density at radius 2 is 1.63 bits per heavy atom. The molecule has 1 fully saturated rings. The smallest absolute Gasteiger partial charge is 0.257 e. The van der Waals surface area contributed by atoms with Gasteiger partial charge >= 0.3 is 0 Å². The highest BCUT2D eigenvalue weighted by Crippen LogP contribution is 2.20. The standard InChI is InChI=1S/C19H16ClFN4O2/c20-16-11-13(21)4-5-14(16)18(26)23-7-9-24(10-8-23)19(27)15-12-22-25-6-2-1-3-17(15)25/h1-6,11-12H,7-10H2. The summed E-state index contributed by atoms with van der Waals surface area (Å²) in [5.74, 6) is -0.855. The number of nitrogens with zero attached hydrogens (tertiary/aromatic N) is 4. The first kappa shape index (κ1) is 17.5. The van der Waals surface area contributed by atoms with Crippen molar-refractivity contribution >= 4 is 28.9 Å². The first-order valence-corrected chi connectivity index (χ1v) is 8.88. The molecule has 0 spiro atoms. The van der Waals surface area contributed by atoms with Gasteiger partial charge in [-0.05, 0) is 30.3 Å². The molecule has 27 heavy (non-hydrogen) atoms. The summed E-state index contributed by atoms with van der Waals surface area (Å²) in [6, 6.07) is 9.27. The lowest BCUT2D eigenvalue weighted by molar-refractivity contribution is 0.0536. The van der Waals surface area contributed by atoms with Gasteiger partial charge in [-0.2, -0.15) is 5.10 Å². The number of pyridine rings is 1. The fourth-order valence-electron chi connectivity index (χ4n) is 3.22. The van der Waals surface area contributed by atoms with Crippen LogP contribution in [0.4, 0.5) is 4.39 Å². The summed E-state index contributed by atoms with van der Waals surface area (Å²) in [6.07, 6.45) is 3.35. The molecule has 0 saturated carbocycles. The van der Waals surface area contributed by atoms with Gasteiger partial charge < -0.3 is 9.80 Å². The number of carbonyl (C=O) groups excluding carboxylic acids is 2. The van der Waals surface area contributed by atoms with E-state index in [1.165, 1.54) is 12.1 Å². The molecule has 2 amide bonds. The molecule has 4 rings (SSSR count). The Kier molecular flexibility index (Phi) is 4.53. The van der Waals surface area contributed by atoms with Crippen molar-refractivity contribution in [3.63, 3.8) is 0 Å². The summed E-state index contributed by atoms with van der Waals surface area (Å²) < 4.78 is 14.8. The maximum Gasteiger partial charge on any atom is 0.257 e. The van der Waals surface area contributed by atoms with Crippen molar-refractivity contribution in [3.05, 3.63) is 70.8 Å². The quantitative estimate of drug-likeness (QED) is 0.680. The predicted octanol–water partition coefficient (Wildman–Crippen LogP) is 2.73. The van der Waals surface area contributed by atoms with Crippen molar-refractivity contribution in [2.75, 3.05) is 26.2 Å². The van der Waals surface area contributed by atoms with Gasteiger partial charge in [0.2, 0.25) is 0 Å². The van der Waals surface area contributed by atoms with Crippen LogP contribution in [-0.4, -0.2) is 57.4 Å². The molecule has 1 saturated heterocycles. The normalized spacial score (nSPS) is 14.6. The van der Waals surface area contributed by atoms with Crippen LogP contribution in [0.5, 0.6) is 0 Å². The van der Waals surface area contributed by atoms with Gasteiger partial charge in [0.15, 0.2) is 0 Å². The lowest BCUT2D eigenvalue weighted by Crippen LogP contribution is -2.50. The van der Waals surface area contributed by atoms with E-state index in [4.69, 9.17) is 11.6 Å². The van der Waals surface area contributed by atoms with Crippen molar-refractivity contribution in [3.8, 4) is 0 Å². The summed E-state index contributed by atoms with van der Waals surface area (Å²) in [4.78, 5) is 28.8. The molecule has 2 aromatic heterocycles. The van der Waals surface area contributed by atoms with Gasteiger partial charge in [0.1, 0.15) is 5.82 Å². The highest BCUT2D eigenvalue weighted by Gasteiger charge is 2.27. The van der Waals surface area contributed by atoms with Crippen LogP contribution >= 0.6 is 11.6 Å². The maximum atomic E-state index is 13.2. The third-order valence-corrected chi connectivity index (χ3v) is 4.99. The van der Waals surface area contributed by atoms with Crippen molar-refractivity contribution < 1.29 is 14.0 Å². The average molecular weight is 387 g/mol. The molecule has 0 aliphatic carbocycles. The van der Waals surface area contributed by atoms with Crippen LogP contribution in [0.15, 0.2) is 48.8 Å². The third-order valence-electron chi connectivity index (χ3n) is 4.67. The molecule has 138 valence electrons. The lowest BCUT2D eigenvalue weighted by Gasteiger charge is -2.34. The van der Waals surface area contributed by atoms with Crippen molar-refractivity contribution in [2.45, 2.75) is 0 Å². The second-order valence-electron chi connectivity index (χ2n) is 6.30. The summed E-state index contributed by atoms with van der Waals surface area (Å²) in [7, 11) is 0. The number of hydrogen-bond acceptors (Lipinski definition) is 3. The van der Waals surface area contributed by atoms with E-state index in [0.29, 0.717) is 31.7 Å². The summed E-state index contributed by atoms with van der Waals surface area (Å²) in [6.45, 7) is 1.59. The highest BCUT2D eigenvalue weighted by molar-refractivity contribution is 6.33. The van der Waals surface area contributed by atoms with Crippen molar-refractivity contribution in [1.29, 1.82) is 0 Å². The van der Waals surface area contributed by atoms with E-state index in [0.717, 1.165) is 11.6 Å². The molecule has 0 radical (unpaired) electrons. The molecule has 3 heterocycles. The first-order chi connectivity index (χ1) is 13.0. The third kappa shape index (κ3) is 3.26. The van der Waals surface area contributed by atoms with Crippen LogP contribution in [0.2, 0.25) is 5.02 Å². The van der Waals surface area contributed by atoms with Gasteiger partial charge in [0, 0.05) is 32.4 Å². The Morgan fingerprint density at radius 3 is 2.30 bits per heavy atom. The number of hydrogen-bond donors (Lipinski definition) is 0. The zero-order valence-electron chi connectivity index (χ0n) is 14.3. The van der Waals surface area contributed by atoms with Gasteiger partial charge in [0.05, 0.1) is 27.9 Å². The summed E-state index contributed by atoms with van der Waals surface area (Å²) in [5, 5.41) is 4.28. The lowest BCUT2D eigenvalue weighted by atomic mass is 10.1. The largest absolute Gasteiger partial charge is 0.335 e. The number of benzene rings is 1. The maximum absolute atomic E-state index is 13.2. The molecule has 0 atom stereocenters. The number of aromatic nitrogens is 2. The van der Waals surface area contributed by atoms with Gasteiger partial charge in [-0.3, -0.25) is 9.59 Å². The minimum Gasteiger partial charge on any atom is -0.335 e. The van der Waals surface area contributed by atoms with Crippen LogP contribution in [0.3, 0.4) is 0 Å². The Hall–Kier alpha value is -2.93. The molecule has 1 aliphatic heterocycles. The molecule has 8 heteroatoms. The minimum absolute atomic E-state index is 0.0878. The molecular weight excluding hydrogens is 371 g/mol. The van der Waals surface area contributed by atoms with Crippen molar-refractivity contribution in [2.24, 2.45) is 0 Å². The van der Waals surface area contributed by atoms with E-state index >= 15 is 0 Å². The Balaban J connectivity index is 1.45. The fourth-order valence-corrected chi connectivity index (χ4v) is 3.46. The number of rotatable bonds is 2. The fraction of sp³-hybridized carbons (Fsp3) is 0.211. The van der Waals surface area contributed by atoms with Crippen molar-refractivity contribution in [1.82, 2.24) is 19.4 Å². The number of halogens is 2. The van der Waals surface area contributed by atoms with E-state index in [1.54, 1.807) is 26.7 Å². The molecule has 6 nitrogen and oxygen atoms in total. The first-order valence-electron chi connectivity index (χ1n) is 8.50. The molecule has 3 aromatic rings. The van der Waals surface area contributed by atoms with Gasteiger partial charge in [-0.1, -0.05) is 17.7 Å². The van der Waals surface area contributed by atoms with E-state index in [2.05, 4.69) is 5.10 Å². The van der Waals surface area contributed by atoms with Crippen LogP contribution in [0.1, 0.15) is 20.7 Å². The number of amides is 2. The van der Waals surface area contributed by atoms with Crippen LogP contribution < -0.4 is 0 Å². The minimum atomic E-state index is -0.486. The van der Waals surface area contributed by atoms with Crippen LogP contribution in [0, 0.1) is 5.82 Å². The van der Waals surface area contributed by atoms with E-state index in [-0.39, 0.29) is 22.4 Å². The SMILES string of the molecule is O=C(c1ccc(F)cc1Cl)N1CCN(C(=O)c2cnn3ccccc23)CC1. The highest BCUT2D eigenvalue weighted by atomic mass is 35.5. The number of piperazine rings is 1. The number of carbonyl (C=O) groups is 2. The molecule has 1 aromatic carbocycles. The zero-order chi connectivity index (χ0) is 19.0. The van der Waals surface area contributed by atoms with E-state index in [1.807, 2.05) is 18.2 Å². The average Bonchev–Trinajstić information content (AvgIpc) is 3.11. The van der Waals surface area contributed by atoms with Gasteiger partial charge in [-0.15, -0.1) is 0 Å². The second kappa shape index (κ2) is 7.00. The predicted molar refractivity (Wildman–Crippen MR) is 98.4 cm³/mol. The Bertz CT molecular complexity index is 1030. The molecular formula is C19H16ClFN4O2. The Morgan fingerprint density at radius 1 is 0.963 bits per heavy atom. The Labute approximate surface area is 159 Å². The number of fused-ring (bicyclic) bond motifs is 1. The topological polar surface area (TPSA) is 57.9 Å². The molecule has 0 bridgehead atoms. The van der Waals surface area contributed by atoms with E-state index < -0.39 is 5.82 Å². The molecule has 0 N–H and O–H groups in total. The zero-order valence-corrected chi connectivity index (χ0v) is 15.1. The van der Waals surface area contributed by atoms with Crippen LogP contribution in [-0.2, 0) is 0 Å².